The standard InChI is InChI=1S/C40H46N2O12/c1-7-19-29(43)39(3,37(47)49-5)31-21-15-11-9-13-17-24-34-42-28(26-52-34)36(46)54-32(40(4,38(48)50-6)30(44)20-8-2)22-16-12-10-14-18-23-33-41-27(25-51-33)35(45)53-31/h7-20,23-26,29-32,43-44H,21-22H2,1-6H3/b13-9+,14-10+,15-11-,16-12-,19-7+,20-8+,23-18+,24-17+/t29-,30-,31-,32-,39-,40-/m0/s1. The van der Waals surface area contributed by atoms with Crippen LogP contribution in [0.3, 0.4) is 0 Å². The summed E-state index contributed by atoms with van der Waals surface area (Å²) in [5.41, 5.74) is -3.75. The number of esters is 4. The van der Waals surface area contributed by atoms with Crippen LogP contribution in [-0.2, 0) is 28.5 Å². The predicted molar refractivity (Wildman–Crippen MR) is 197 cm³/mol. The number of aromatic nitrogens is 2. The monoisotopic (exact) mass is 746 g/mol. The summed E-state index contributed by atoms with van der Waals surface area (Å²) in [6, 6.07) is 0. The summed E-state index contributed by atoms with van der Waals surface area (Å²) < 4.78 is 32.4. The molecule has 0 saturated heterocycles. The number of rotatable bonds is 8. The van der Waals surface area contributed by atoms with Gasteiger partial charge in [0.15, 0.2) is 11.4 Å². The summed E-state index contributed by atoms with van der Waals surface area (Å²) in [7, 11) is 2.35. The van der Waals surface area contributed by atoms with Crippen LogP contribution in [0.4, 0.5) is 0 Å². The zero-order valence-electron chi connectivity index (χ0n) is 31.0. The van der Waals surface area contributed by atoms with E-state index in [0.717, 1.165) is 12.5 Å². The lowest BCUT2D eigenvalue weighted by Gasteiger charge is -2.36. The Labute approximate surface area is 313 Å². The summed E-state index contributed by atoms with van der Waals surface area (Å²) in [6.07, 6.45) is 22.2. The van der Waals surface area contributed by atoms with Crippen LogP contribution in [-0.4, -0.2) is 82.7 Å². The number of carbonyl (C=O) groups excluding carboxylic acids is 4. The zero-order valence-corrected chi connectivity index (χ0v) is 31.0. The van der Waals surface area contributed by atoms with E-state index in [9.17, 15) is 29.4 Å². The van der Waals surface area contributed by atoms with E-state index in [2.05, 4.69) is 9.97 Å². The van der Waals surface area contributed by atoms with Gasteiger partial charge in [-0.1, -0.05) is 85.1 Å². The molecule has 0 spiro atoms. The van der Waals surface area contributed by atoms with Gasteiger partial charge in [-0.05, 0) is 27.7 Å². The fourth-order valence-electron chi connectivity index (χ4n) is 5.31. The van der Waals surface area contributed by atoms with Gasteiger partial charge in [-0.2, -0.15) is 0 Å². The lowest BCUT2D eigenvalue weighted by molar-refractivity contribution is -0.168. The molecule has 1 aliphatic rings. The van der Waals surface area contributed by atoms with Gasteiger partial charge >= 0.3 is 23.9 Å². The molecule has 14 heteroatoms. The smallest absolute Gasteiger partial charge is 0.360 e. The third-order valence-corrected chi connectivity index (χ3v) is 8.64. The summed E-state index contributed by atoms with van der Waals surface area (Å²) >= 11 is 0. The van der Waals surface area contributed by atoms with Crippen LogP contribution in [0.15, 0.2) is 106 Å². The Kier molecular flexibility index (Phi) is 16.1. The van der Waals surface area contributed by atoms with E-state index in [1.165, 1.54) is 52.4 Å². The van der Waals surface area contributed by atoms with E-state index in [0.29, 0.717) is 0 Å². The minimum atomic E-state index is -1.70. The maximum Gasteiger partial charge on any atom is 0.360 e. The van der Waals surface area contributed by atoms with Crippen LogP contribution < -0.4 is 0 Å². The maximum atomic E-state index is 13.3. The van der Waals surface area contributed by atoms with E-state index >= 15 is 0 Å². The molecule has 4 bridgehead atoms. The van der Waals surface area contributed by atoms with E-state index in [-0.39, 0.29) is 36.0 Å². The minimum Gasteiger partial charge on any atom is -0.468 e. The lowest BCUT2D eigenvalue weighted by atomic mass is 9.76. The van der Waals surface area contributed by atoms with Crippen LogP contribution in [0.25, 0.3) is 12.2 Å². The number of nitrogens with zero attached hydrogens (tertiary/aromatic N) is 2. The van der Waals surface area contributed by atoms with Crippen molar-refractivity contribution in [2.45, 2.75) is 65.0 Å². The van der Waals surface area contributed by atoms with Crippen molar-refractivity contribution in [2.75, 3.05) is 14.2 Å². The highest BCUT2D eigenvalue weighted by Gasteiger charge is 2.51. The Bertz CT molecular complexity index is 1710. The molecule has 1 aliphatic heterocycles. The van der Waals surface area contributed by atoms with Gasteiger partial charge in [-0.25, -0.2) is 19.6 Å². The summed E-state index contributed by atoms with van der Waals surface area (Å²) in [4.78, 5) is 61.0. The van der Waals surface area contributed by atoms with Crippen molar-refractivity contribution >= 4 is 36.0 Å². The normalized spacial score (nSPS) is 24.4. The number of hydrogen-bond acceptors (Lipinski definition) is 14. The first-order chi connectivity index (χ1) is 25.9. The van der Waals surface area contributed by atoms with Gasteiger partial charge in [0.1, 0.15) is 35.6 Å². The molecule has 0 amide bonds. The molecule has 0 fully saturated rings. The number of methoxy groups -OCH3 is 2. The fourth-order valence-corrected chi connectivity index (χ4v) is 5.31. The first-order valence-electron chi connectivity index (χ1n) is 17.0. The molecule has 54 heavy (non-hydrogen) atoms. The molecule has 2 N–H and O–H groups in total. The molecule has 0 unspecified atom stereocenters. The van der Waals surface area contributed by atoms with Gasteiger partial charge in [0.05, 0.1) is 26.4 Å². The molecular formula is C40H46N2O12. The van der Waals surface area contributed by atoms with E-state index in [1.807, 2.05) is 0 Å². The summed E-state index contributed by atoms with van der Waals surface area (Å²) in [6.45, 7) is 6.23. The molecular weight excluding hydrogens is 700 g/mol. The number of aliphatic hydroxyl groups excluding tert-OH is 2. The van der Waals surface area contributed by atoms with Crippen LogP contribution in [0.5, 0.6) is 0 Å². The second kappa shape index (κ2) is 20.4. The highest BCUT2D eigenvalue weighted by molar-refractivity contribution is 5.88. The maximum absolute atomic E-state index is 13.3. The van der Waals surface area contributed by atoms with Crippen molar-refractivity contribution in [3.8, 4) is 0 Å². The van der Waals surface area contributed by atoms with Crippen molar-refractivity contribution in [1.82, 2.24) is 9.97 Å². The first kappa shape index (κ1) is 42.6. The molecule has 288 valence electrons. The van der Waals surface area contributed by atoms with Crippen molar-refractivity contribution in [1.29, 1.82) is 0 Å². The van der Waals surface area contributed by atoms with E-state index in [1.54, 1.807) is 86.8 Å². The third-order valence-electron chi connectivity index (χ3n) is 8.64. The van der Waals surface area contributed by atoms with Crippen LogP contribution in [0, 0.1) is 10.8 Å². The molecule has 0 saturated carbocycles. The second-order valence-corrected chi connectivity index (χ2v) is 12.2. The number of allylic oxidation sites excluding steroid dienone is 10. The summed E-state index contributed by atoms with van der Waals surface area (Å²) in [5, 5.41) is 22.0. The number of hydrogen-bond donors (Lipinski definition) is 2. The summed E-state index contributed by atoms with van der Waals surface area (Å²) in [5.74, 6) is -3.22. The van der Waals surface area contributed by atoms with Crippen LogP contribution in [0.1, 0.15) is 73.3 Å². The molecule has 2 aromatic heterocycles. The fraction of sp³-hybridized carbons (Fsp3) is 0.350. The van der Waals surface area contributed by atoms with Gasteiger partial charge < -0.3 is 38.0 Å². The van der Waals surface area contributed by atoms with Crippen molar-refractivity contribution in [2.24, 2.45) is 10.8 Å². The average Bonchev–Trinajstić information content (AvgIpc) is 3.85. The first-order valence-corrected chi connectivity index (χ1v) is 17.0. The van der Waals surface area contributed by atoms with Gasteiger partial charge in [0.2, 0.25) is 11.8 Å². The Balaban J connectivity index is 2.02. The molecule has 3 heterocycles. The minimum absolute atomic E-state index is 0.00405. The zero-order chi connectivity index (χ0) is 39.7. The Morgan fingerprint density at radius 1 is 0.704 bits per heavy atom. The Hall–Kier alpha value is -5.86. The molecule has 0 radical (unpaired) electrons. The van der Waals surface area contributed by atoms with Crippen molar-refractivity contribution in [3.63, 3.8) is 0 Å². The number of cyclic esters (lactones) is 2. The van der Waals surface area contributed by atoms with E-state index < -0.39 is 59.1 Å². The second-order valence-electron chi connectivity index (χ2n) is 12.2. The lowest BCUT2D eigenvalue weighted by Crippen LogP contribution is -2.50. The van der Waals surface area contributed by atoms with Crippen molar-refractivity contribution < 1.29 is 57.2 Å². The Morgan fingerprint density at radius 2 is 1.07 bits per heavy atom. The van der Waals surface area contributed by atoms with Gasteiger partial charge in [0, 0.05) is 25.0 Å². The SMILES string of the molecule is C/C=C/[C@H](O)[C@](C)(C(=O)OC)[C@@H]1C\C=C/C=C/C=C/c2nc(co2)C(=O)O[C@H]([C@@](C)(C(=O)OC)[C@@H](O)/C=C/C)C\C=C/C=C/C=C/c2nc(co2)C(=O)O1. The Morgan fingerprint density at radius 3 is 1.43 bits per heavy atom. The topological polar surface area (TPSA) is 198 Å². The predicted octanol–water partition coefficient (Wildman–Crippen LogP) is 5.69. The van der Waals surface area contributed by atoms with E-state index in [4.69, 9.17) is 27.8 Å². The van der Waals surface area contributed by atoms with Crippen molar-refractivity contribution in [3.05, 3.63) is 121 Å². The molecule has 2 aromatic rings. The third kappa shape index (κ3) is 10.6. The van der Waals surface area contributed by atoms with Crippen LogP contribution >= 0.6 is 0 Å². The highest BCUT2D eigenvalue weighted by Crippen LogP contribution is 2.35. The average molecular weight is 747 g/mol. The number of ether oxygens (including phenoxy) is 4. The molecule has 0 aromatic carbocycles. The van der Waals surface area contributed by atoms with Gasteiger partial charge in [-0.3, -0.25) is 9.59 Å². The van der Waals surface area contributed by atoms with Gasteiger partial charge in [-0.15, -0.1) is 0 Å². The van der Waals surface area contributed by atoms with Crippen LogP contribution in [0.2, 0.25) is 0 Å². The molecule has 3 rings (SSSR count). The molecule has 6 atom stereocenters. The number of fused-ring (bicyclic) bond motifs is 4. The largest absolute Gasteiger partial charge is 0.468 e. The molecule has 0 aliphatic carbocycles. The number of aliphatic hydroxyl groups is 2. The quantitative estimate of drug-likeness (QED) is 0.190. The highest BCUT2D eigenvalue weighted by atomic mass is 16.6. The van der Waals surface area contributed by atoms with Gasteiger partial charge in [0.25, 0.3) is 0 Å². The number of oxazole rings is 2. The number of carbonyl (C=O) groups is 4. The molecule has 14 nitrogen and oxygen atoms in total.